The summed E-state index contributed by atoms with van der Waals surface area (Å²) in [4.78, 5) is 26.0. The van der Waals surface area contributed by atoms with E-state index in [1.807, 2.05) is 36.1 Å². The minimum atomic E-state index is -0.468. The van der Waals surface area contributed by atoms with Gasteiger partial charge in [0, 0.05) is 12.2 Å². The molecule has 0 saturated carbocycles. The average Bonchev–Trinajstić information content (AvgIpc) is 2.45. The van der Waals surface area contributed by atoms with E-state index in [9.17, 15) is 9.59 Å². The molecular weight excluding hydrogens is 268 g/mol. The lowest BCUT2D eigenvalue weighted by atomic mass is 10.1. The summed E-state index contributed by atoms with van der Waals surface area (Å²) in [7, 11) is 0. The van der Waals surface area contributed by atoms with Gasteiger partial charge in [0.2, 0.25) is 5.91 Å². The quantitative estimate of drug-likeness (QED) is 0.842. The van der Waals surface area contributed by atoms with Crippen LogP contribution in [0.1, 0.15) is 25.3 Å². The first-order valence-electron chi connectivity index (χ1n) is 7.37. The Morgan fingerprint density at radius 2 is 2.10 bits per heavy atom. The van der Waals surface area contributed by atoms with Gasteiger partial charge in [0.25, 0.3) is 0 Å². The predicted octanol–water partition coefficient (Wildman–Crippen LogP) is 1.96. The van der Waals surface area contributed by atoms with Gasteiger partial charge in [0.05, 0.1) is 6.42 Å². The summed E-state index contributed by atoms with van der Waals surface area (Å²) in [6.45, 7) is 5.96. The number of anilines is 1. The van der Waals surface area contributed by atoms with E-state index in [4.69, 9.17) is 4.74 Å². The van der Waals surface area contributed by atoms with Gasteiger partial charge in [-0.2, -0.15) is 0 Å². The van der Waals surface area contributed by atoms with Crippen molar-refractivity contribution in [3.05, 3.63) is 29.8 Å². The van der Waals surface area contributed by atoms with Crippen molar-refractivity contribution < 1.29 is 14.3 Å². The maximum absolute atomic E-state index is 12.1. The molecule has 1 aromatic carbocycles. The van der Waals surface area contributed by atoms with E-state index in [1.165, 1.54) is 0 Å². The van der Waals surface area contributed by atoms with Gasteiger partial charge >= 0.3 is 5.97 Å². The number of hydrogen-bond donors (Lipinski definition) is 1. The van der Waals surface area contributed by atoms with E-state index in [0.717, 1.165) is 24.2 Å². The summed E-state index contributed by atoms with van der Waals surface area (Å²) in [6, 6.07) is 7.12. The van der Waals surface area contributed by atoms with Crippen molar-refractivity contribution >= 4 is 17.6 Å². The summed E-state index contributed by atoms with van der Waals surface area (Å²) in [5.41, 5.74) is 1.88. The van der Waals surface area contributed by atoms with E-state index in [2.05, 4.69) is 12.2 Å². The third-order valence-electron chi connectivity index (χ3n) is 3.56. The molecule has 0 bridgehead atoms. The van der Waals surface area contributed by atoms with Crippen molar-refractivity contribution in [2.45, 2.75) is 32.7 Å². The molecule has 1 heterocycles. The Morgan fingerprint density at radius 1 is 1.38 bits per heavy atom. The van der Waals surface area contributed by atoms with Crippen LogP contribution in [0.25, 0.3) is 0 Å². The molecule has 1 amide bonds. The normalized spacial score (nSPS) is 19.1. The van der Waals surface area contributed by atoms with Gasteiger partial charge in [0.1, 0.15) is 12.6 Å². The van der Waals surface area contributed by atoms with Crippen LogP contribution in [-0.2, 0) is 14.3 Å². The number of hydrogen-bond acceptors (Lipinski definition) is 4. The van der Waals surface area contributed by atoms with Crippen molar-refractivity contribution in [2.24, 2.45) is 0 Å². The van der Waals surface area contributed by atoms with Gasteiger partial charge in [-0.15, -0.1) is 0 Å². The molecule has 1 atom stereocenters. The molecular formula is C16H22N2O3. The Hall–Kier alpha value is -1.88. The zero-order chi connectivity index (χ0) is 15.2. The first-order valence-corrected chi connectivity index (χ1v) is 7.37. The number of nitrogens with zero attached hydrogens (tertiary/aromatic N) is 1. The van der Waals surface area contributed by atoms with E-state index in [-0.39, 0.29) is 18.3 Å². The van der Waals surface area contributed by atoms with E-state index >= 15 is 0 Å². The third kappa shape index (κ3) is 4.29. The molecule has 5 heteroatoms. The second-order valence-electron chi connectivity index (χ2n) is 5.34. The average molecular weight is 290 g/mol. The number of carbonyl (C=O) groups is 2. The Kier molecular flexibility index (Phi) is 5.33. The SMILES string of the molecule is CCCN1CCOC(=O)[C@H]1CC(=O)Nc1ccc(C)cc1. The molecule has 0 radical (unpaired) electrons. The Bertz CT molecular complexity index is 497. The maximum atomic E-state index is 12.1. The molecule has 0 aliphatic carbocycles. The van der Waals surface area contributed by atoms with E-state index < -0.39 is 6.04 Å². The van der Waals surface area contributed by atoms with Crippen molar-refractivity contribution in [1.29, 1.82) is 0 Å². The number of benzene rings is 1. The monoisotopic (exact) mass is 290 g/mol. The Balaban J connectivity index is 1.96. The fourth-order valence-electron chi connectivity index (χ4n) is 2.46. The number of morpholine rings is 1. The number of rotatable bonds is 5. The molecule has 1 aliphatic heterocycles. The smallest absolute Gasteiger partial charge is 0.323 e. The molecule has 0 aromatic heterocycles. The largest absolute Gasteiger partial charge is 0.463 e. The summed E-state index contributed by atoms with van der Waals surface area (Å²) >= 11 is 0. The van der Waals surface area contributed by atoms with Gasteiger partial charge in [-0.25, -0.2) is 0 Å². The molecule has 1 N–H and O–H groups in total. The maximum Gasteiger partial charge on any atom is 0.323 e. The van der Waals surface area contributed by atoms with Crippen molar-refractivity contribution in [2.75, 3.05) is 25.0 Å². The second-order valence-corrected chi connectivity index (χ2v) is 5.34. The van der Waals surface area contributed by atoms with Crippen molar-refractivity contribution in [3.8, 4) is 0 Å². The molecule has 0 spiro atoms. The van der Waals surface area contributed by atoms with Gasteiger partial charge in [-0.1, -0.05) is 24.6 Å². The summed E-state index contributed by atoms with van der Waals surface area (Å²) in [5.74, 6) is -0.461. The van der Waals surface area contributed by atoms with Crippen LogP contribution in [-0.4, -0.2) is 42.5 Å². The molecule has 5 nitrogen and oxygen atoms in total. The molecule has 21 heavy (non-hydrogen) atoms. The summed E-state index contributed by atoms with van der Waals surface area (Å²) < 4.78 is 5.07. The van der Waals surface area contributed by atoms with Crippen LogP contribution in [0, 0.1) is 6.92 Å². The second kappa shape index (κ2) is 7.22. The number of cyclic esters (lactones) is 1. The van der Waals surface area contributed by atoms with Gasteiger partial charge < -0.3 is 10.1 Å². The highest BCUT2D eigenvalue weighted by Gasteiger charge is 2.32. The van der Waals surface area contributed by atoms with Crippen LogP contribution in [0.3, 0.4) is 0 Å². The molecule has 1 aliphatic rings. The van der Waals surface area contributed by atoms with Crippen molar-refractivity contribution in [1.82, 2.24) is 4.90 Å². The van der Waals surface area contributed by atoms with E-state index in [1.54, 1.807) is 0 Å². The van der Waals surface area contributed by atoms with Gasteiger partial charge in [-0.3, -0.25) is 14.5 Å². The van der Waals surface area contributed by atoms with Crippen LogP contribution >= 0.6 is 0 Å². The molecule has 1 saturated heterocycles. The zero-order valence-electron chi connectivity index (χ0n) is 12.6. The molecule has 114 valence electrons. The van der Waals surface area contributed by atoms with Crippen LogP contribution in [0.5, 0.6) is 0 Å². The van der Waals surface area contributed by atoms with Gasteiger partial charge in [0.15, 0.2) is 0 Å². The lowest BCUT2D eigenvalue weighted by Gasteiger charge is -2.33. The molecule has 1 fully saturated rings. The molecule has 2 rings (SSSR count). The summed E-state index contributed by atoms with van der Waals surface area (Å²) in [5, 5.41) is 2.83. The number of amides is 1. The number of aryl methyl sites for hydroxylation is 1. The number of nitrogens with one attached hydrogen (secondary N) is 1. The fourth-order valence-corrected chi connectivity index (χ4v) is 2.46. The minimum absolute atomic E-state index is 0.132. The van der Waals surface area contributed by atoms with Gasteiger partial charge in [-0.05, 0) is 32.0 Å². The molecule has 0 unspecified atom stereocenters. The Labute approximate surface area is 125 Å². The highest BCUT2D eigenvalue weighted by Crippen LogP contribution is 2.15. The van der Waals surface area contributed by atoms with E-state index in [0.29, 0.717) is 13.2 Å². The standard InChI is InChI=1S/C16H22N2O3/c1-3-8-18-9-10-21-16(20)14(18)11-15(19)17-13-6-4-12(2)5-7-13/h4-7,14H,3,8-11H2,1-2H3,(H,17,19)/t14-/m1/s1. The number of carbonyl (C=O) groups excluding carboxylic acids is 2. The predicted molar refractivity (Wildman–Crippen MR) is 81.0 cm³/mol. The highest BCUT2D eigenvalue weighted by molar-refractivity contribution is 5.94. The van der Waals surface area contributed by atoms with Crippen LogP contribution in [0.15, 0.2) is 24.3 Å². The number of ether oxygens (including phenoxy) is 1. The van der Waals surface area contributed by atoms with Crippen molar-refractivity contribution in [3.63, 3.8) is 0 Å². The topological polar surface area (TPSA) is 58.6 Å². The zero-order valence-corrected chi connectivity index (χ0v) is 12.6. The van der Waals surface area contributed by atoms with Crippen LogP contribution in [0.2, 0.25) is 0 Å². The first-order chi connectivity index (χ1) is 10.1. The third-order valence-corrected chi connectivity index (χ3v) is 3.56. The lowest BCUT2D eigenvalue weighted by molar-refractivity contribution is -0.158. The lowest BCUT2D eigenvalue weighted by Crippen LogP contribution is -2.50. The van der Waals surface area contributed by atoms with Crippen LogP contribution in [0.4, 0.5) is 5.69 Å². The highest BCUT2D eigenvalue weighted by atomic mass is 16.5. The van der Waals surface area contributed by atoms with Crippen LogP contribution < -0.4 is 5.32 Å². The Morgan fingerprint density at radius 3 is 2.76 bits per heavy atom. The number of esters is 1. The molecule has 1 aromatic rings. The minimum Gasteiger partial charge on any atom is -0.463 e. The fraction of sp³-hybridized carbons (Fsp3) is 0.500. The summed E-state index contributed by atoms with van der Waals surface area (Å²) in [6.07, 6.45) is 1.08. The first kappa shape index (κ1) is 15.5.